The van der Waals surface area contributed by atoms with E-state index in [1.54, 1.807) is 0 Å². The zero-order valence-electron chi connectivity index (χ0n) is 12.1. The second-order valence-electron chi connectivity index (χ2n) is 5.32. The van der Waals surface area contributed by atoms with E-state index in [1.807, 2.05) is 25.1 Å². The van der Waals surface area contributed by atoms with Gasteiger partial charge in [-0.2, -0.15) is 0 Å². The van der Waals surface area contributed by atoms with E-state index >= 15 is 0 Å². The van der Waals surface area contributed by atoms with Gasteiger partial charge in [0, 0.05) is 12.1 Å². The van der Waals surface area contributed by atoms with Crippen molar-refractivity contribution in [1.82, 2.24) is 9.97 Å². The molecule has 2 rings (SSSR count). The third-order valence-corrected chi connectivity index (χ3v) is 3.41. The van der Waals surface area contributed by atoms with Crippen LogP contribution in [0.5, 0.6) is 0 Å². The molecule has 1 heterocycles. The summed E-state index contributed by atoms with van der Waals surface area (Å²) in [6.45, 7) is 4.72. The Morgan fingerprint density at radius 3 is 3.00 bits per heavy atom. The number of hydrogen-bond donors (Lipinski definition) is 3. The fourth-order valence-corrected chi connectivity index (χ4v) is 2.24. The summed E-state index contributed by atoms with van der Waals surface area (Å²) >= 11 is 0. The van der Waals surface area contributed by atoms with Crippen LogP contribution in [-0.4, -0.2) is 22.4 Å². The first kappa shape index (κ1) is 14.5. The Morgan fingerprint density at radius 1 is 1.45 bits per heavy atom. The zero-order chi connectivity index (χ0) is 14.5. The van der Waals surface area contributed by atoms with E-state index < -0.39 is 0 Å². The molecular weight excluding hydrogens is 252 g/mol. The number of nitrogens with zero attached hydrogens (tertiary/aromatic N) is 1. The minimum atomic E-state index is 0.0458. The van der Waals surface area contributed by atoms with Crippen molar-refractivity contribution in [2.24, 2.45) is 11.7 Å². The van der Waals surface area contributed by atoms with Crippen molar-refractivity contribution in [2.45, 2.75) is 33.1 Å². The summed E-state index contributed by atoms with van der Waals surface area (Å²) in [4.78, 5) is 19.4. The molecular formula is C15H22N4O. The molecule has 1 aromatic carbocycles. The number of rotatable bonds is 6. The Kier molecular flexibility index (Phi) is 4.74. The van der Waals surface area contributed by atoms with Gasteiger partial charge in [0.25, 0.3) is 0 Å². The van der Waals surface area contributed by atoms with E-state index in [1.165, 1.54) is 0 Å². The smallest absolute Gasteiger partial charge is 0.224 e. The molecule has 0 fully saturated rings. The highest BCUT2D eigenvalue weighted by molar-refractivity contribution is 5.93. The van der Waals surface area contributed by atoms with Crippen LogP contribution in [0.3, 0.4) is 0 Å². The van der Waals surface area contributed by atoms with Crippen LogP contribution in [0.4, 0.5) is 5.69 Å². The summed E-state index contributed by atoms with van der Waals surface area (Å²) in [6, 6.07) is 5.70. The monoisotopic (exact) mass is 274 g/mol. The average Bonchev–Trinajstić information content (AvgIpc) is 2.76. The standard InChI is InChI=1S/C15H22N4O/c1-10(7-8-16)3-6-15(20)19-12-4-5-13-14(9-12)18-11(2)17-13/h4-5,9-10H,3,6-8,16H2,1-2H3,(H,17,18)(H,19,20). The van der Waals surface area contributed by atoms with E-state index in [-0.39, 0.29) is 5.91 Å². The SMILES string of the molecule is Cc1nc2ccc(NC(=O)CCC(C)CCN)cc2[nH]1. The highest BCUT2D eigenvalue weighted by Gasteiger charge is 2.07. The summed E-state index contributed by atoms with van der Waals surface area (Å²) in [5.74, 6) is 1.41. The van der Waals surface area contributed by atoms with Gasteiger partial charge in [-0.15, -0.1) is 0 Å². The minimum absolute atomic E-state index is 0.0458. The van der Waals surface area contributed by atoms with Crippen LogP contribution in [0.2, 0.25) is 0 Å². The van der Waals surface area contributed by atoms with Crippen molar-refractivity contribution in [3.8, 4) is 0 Å². The lowest BCUT2D eigenvalue weighted by Gasteiger charge is -2.10. The molecule has 5 nitrogen and oxygen atoms in total. The van der Waals surface area contributed by atoms with Gasteiger partial charge in [0.1, 0.15) is 5.82 Å². The number of aryl methyl sites for hydroxylation is 1. The van der Waals surface area contributed by atoms with Gasteiger partial charge in [-0.3, -0.25) is 4.79 Å². The van der Waals surface area contributed by atoms with Crippen molar-refractivity contribution in [1.29, 1.82) is 0 Å². The maximum Gasteiger partial charge on any atom is 0.224 e. The molecule has 5 heteroatoms. The summed E-state index contributed by atoms with van der Waals surface area (Å²) in [5, 5.41) is 2.92. The van der Waals surface area contributed by atoms with E-state index in [0.29, 0.717) is 18.9 Å². The number of fused-ring (bicyclic) bond motifs is 1. The number of hydrogen-bond acceptors (Lipinski definition) is 3. The summed E-state index contributed by atoms with van der Waals surface area (Å²) in [7, 11) is 0. The van der Waals surface area contributed by atoms with Crippen molar-refractivity contribution < 1.29 is 4.79 Å². The quantitative estimate of drug-likeness (QED) is 0.757. The second-order valence-corrected chi connectivity index (χ2v) is 5.32. The lowest BCUT2D eigenvalue weighted by Crippen LogP contribution is -2.14. The lowest BCUT2D eigenvalue weighted by atomic mass is 10.0. The molecule has 1 amide bonds. The second kappa shape index (κ2) is 6.52. The maximum absolute atomic E-state index is 11.9. The molecule has 0 bridgehead atoms. The van der Waals surface area contributed by atoms with Crippen LogP contribution in [0.25, 0.3) is 11.0 Å². The van der Waals surface area contributed by atoms with Gasteiger partial charge < -0.3 is 16.0 Å². The summed E-state index contributed by atoms with van der Waals surface area (Å²) < 4.78 is 0. The molecule has 1 aromatic heterocycles. The molecule has 0 spiro atoms. The van der Waals surface area contributed by atoms with Gasteiger partial charge in [0.05, 0.1) is 11.0 Å². The van der Waals surface area contributed by atoms with Gasteiger partial charge >= 0.3 is 0 Å². The molecule has 1 atom stereocenters. The molecule has 20 heavy (non-hydrogen) atoms. The number of nitrogens with one attached hydrogen (secondary N) is 2. The largest absolute Gasteiger partial charge is 0.342 e. The van der Waals surface area contributed by atoms with Crippen LogP contribution in [-0.2, 0) is 4.79 Å². The first-order valence-corrected chi connectivity index (χ1v) is 7.05. The van der Waals surface area contributed by atoms with Crippen LogP contribution in [0.1, 0.15) is 32.0 Å². The van der Waals surface area contributed by atoms with E-state index in [9.17, 15) is 4.79 Å². The van der Waals surface area contributed by atoms with Crippen molar-refractivity contribution in [2.75, 3.05) is 11.9 Å². The van der Waals surface area contributed by atoms with E-state index in [4.69, 9.17) is 5.73 Å². The number of carbonyl (C=O) groups excluding carboxylic acids is 1. The topological polar surface area (TPSA) is 83.8 Å². The first-order chi connectivity index (χ1) is 9.58. The summed E-state index contributed by atoms with van der Waals surface area (Å²) in [5.41, 5.74) is 8.16. The predicted octanol–water partition coefficient (Wildman–Crippen LogP) is 2.57. The molecule has 4 N–H and O–H groups in total. The van der Waals surface area contributed by atoms with E-state index in [0.717, 1.165) is 35.4 Å². The third kappa shape index (κ3) is 3.81. The highest BCUT2D eigenvalue weighted by atomic mass is 16.1. The van der Waals surface area contributed by atoms with Crippen LogP contribution >= 0.6 is 0 Å². The first-order valence-electron chi connectivity index (χ1n) is 7.05. The van der Waals surface area contributed by atoms with Gasteiger partial charge in [0.15, 0.2) is 0 Å². The molecule has 0 saturated heterocycles. The number of anilines is 1. The number of benzene rings is 1. The molecule has 108 valence electrons. The number of H-pyrrole nitrogens is 1. The predicted molar refractivity (Wildman–Crippen MR) is 81.5 cm³/mol. The van der Waals surface area contributed by atoms with Crippen molar-refractivity contribution >= 4 is 22.6 Å². The lowest BCUT2D eigenvalue weighted by molar-refractivity contribution is -0.116. The van der Waals surface area contributed by atoms with Gasteiger partial charge in [-0.05, 0) is 50.4 Å². The fourth-order valence-electron chi connectivity index (χ4n) is 2.24. The van der Waals surface area contributed by atoms with Crippen molar-refractivity contribution in [3.63, 3.8) is 0 Å². The van der Waals surface area contributed by atoms with Gasteiger partial charge in [-0.25, -0.2) is 4.98 Å². The van der Waals surface area contributed by atoms with Crippen LogP contribution in [0, 0.1) is 12.8 Å². The normalized spacial score (nSPS) is 12.6. The Morgan fingerprint density at radius 2 is 2.25 bits per heavy atom. The molecule has 1 unspecified atom stereocenters. The number of aromatic amines is 1. The number of carbonyl (C=O) groups is 1. The number of amides is 1. The Bertz CT molecular complexity index is 591. The number of aromatic nitrogens is 2. The van der Waals surface area contributed by atoms with E-state index in [2.05, 4.69) is 22.2 Å². The molecule has 0 radical (unpaired) electrons. The molecule has 0 saturated carbocycles. The molecule has 2 aromatic rings. The zero-order valence-corrected chi connectivity index (χ0v) is 12.1. The molecule has 0 aliphatic carbocycles. The Labute approximate surface area is 119 Å². The average molecular weight is 274 g/mol. The van der Waals surface area contributed by atoms with Crippen molar-refractivity contribution in [3.05, 3.63) is 24.0 Å². The number of nitrogens with two attached hydrogens (primary N) is 1. The highest BCUT2D eigenvalue weighted by Crippen LogP contribution is 2.18. The van der Waals surface area contributed by atoms with Crippen LogP contribution < -0.4 is 11.1 Å². The fraction of sp³-hybridized carbons (Fsp3) is 0.467. The Balaban J connectivity index is 1.92. The molecule has 0 aliphatic heterocycles. The van der Waals surface area contributed by atoms with Crippen LogP contribution in [0.15, 0.2) is 18.2 Å². The Hall–Kier alpha value is -1.88. The summed E-state index contributed by atoms with van der Waals surface area (Å²) in [6.07, 6.45) is 2.36. The molecule has 0 aliphatic rings. The van der Waals surface area contributed by atoms with Gasteiger partial charge in [-0.1, -0.05) is 6.92 Å². The number of imidazole rings is 1. The third-order valence-electron chi connectivity index (χ3n) is 3.41. The van der Waals surface area contributed by atoms with Gasteiger partial charge in [0.2, 0.25) is 5.91 Å². The minimum Gasteiger partial charge on any atom is -0.342 e. The maximum atomic E-state index is 11.9.